The van der Waals surface area contributed by atoms with E-state index in [-0.39, 0.29) is 35.8 Å². The van der Waals surface area contributed by atoms with E-state index in [1.54, 1.807) is 18.2 Å². The normalized spacial score (nSPS) is 17.8. The summed E-state index contributed by atoms with van der Waals surface area (Å²) in [5.74, 6) is -1.93. The molecule has 3 rings (SSSR count). The molecule has 1 atom stereocenters. The summed E-state index contributed by atoms with van der Waals surface area (Å²) >= 11 is 0. The van der Waals surface area contributed by atoms with Gasteiger partial charge in [-0.3, -0.25) is 19.6 Å². The maximum Gasteiger partial charge on any atom is 0.235 e. The summed E-state index contributed by atoms with van der Waals surface area (Å²) in [6.07, 6.45) is 1.37. The molecule has 1 fully saturated rings. The van der Waals surface area contributed by atoms with E-state index in [1.165, 1.54) is 12.1 Å². The third kappa shape index (κ3) is 3.52. The van der Waals surface area contributed by atoms with Crippen molar-refractivity contribution in [2.75, 3.05) is 11.0 Å². The third-order valence-electron chi connectivity index (χ3n) is 4.16. The first-order valence-electron chi connectivity index (χ1n) is 7.82. The molecular formula is C17H17N3O5S. The van der Waals surface area contributed by atoms with E-state index in [2.05, 4.69) is 10.0 Å². The highest BCUT2D eigenvalue weighted by atomic mass is 32.2. The second-order valence-electron chi connectivity index (χ2n) is 6.19. The van der Waals surface area contributed by atoms with Gasteiger partial charge in [-0.05, 0) is 35.4 Å². The topological polar surface area (TPSA) is 136 Å². The third-order valence-corrected chi connectivity index (χ3v) is 4.76. The lowest BCUT2D eigenvalue weighted by molar-refractivity contribution is -0.134. The van der Waals surface area contributed by atoms with Crippen molar-refractivity contribution < 1.29 is 23.1 Å². The Morgan fingerprint density at radius 1 is 1.27 bits per heavy atom. The lowest BCUT2D eigenvalue weighted by Crippen LogP contribution is -2.43. The molecule has 26 heavy (non-hydrogen) atoms. The number of phenols is 1. The molecule has 2 aromatic rings. The van der Waals surface area contributed by atoms with Gasteiger partial charge in [-0.25, -0.2) is 8.42 Å². The van der Waals surface area contributed by atoms with Crippen LogP contribution in [0.25, 0.3) is 10.8 Å². The van der Waals surface area contributed by atoms with E-state index < -0.39 is 21.8 Å². The van der Waals surface area contributed by atoms with Crippen molar-refractivity contribution in [1.82, 2.24) is 5.32 Å². The summed E-state index contributed by atoms with van der Waals surface area (Å²) in [5, 5.41) is 22.0. The Morgan fingerprint density at radius 3 is 2.65 bits per heavy atom. The monoisotopic (exact) mass is 375 g/mol. The molecule has 0 spiro atoms. The van der Waals surface area contributed by atoms with Crippen molar-refractivity contribution >= 4 is 44.0 Å². The van der Waals surface area contributed by atoms with Gasteiger partial charge in [0.1, 0.15) is 5.75 Å². The number of sulfonamides is 1. The molecule has 4 N–H and O–H groups in total. The number of piperidine rings is 1. The van der Waals surface area contributed by atoms with E-state index in [0.29, 0.717) is 16.5 Å². The summed E-state index contributed by atoms with van der Waals surface area (Å²) < 4.78 is 25.1. The zero-order valence-corrected chi connectivity index (χ0v) is 14.7. The summed E-state index contributed by atoms with van der Waals surface area (Å²) in [6, 6.07) is 7.67. The molecule has 0 saturated carbocycles. The van der Waals surface area contributed by atoms with E-state index >= 15 is 0 Å². The minimum Gasteiger partial charge on any atom is -0.507 e. The average Bonchev–Trinajstić information content (AvgIpc) is 2.53. The molecule has 9 heteroatoms. The van der Waals surface area contributed by atoms with Crippen molar-refractivity contribution in [2.45, 2.75) is 12.8 Å². The van der Waals surface area contributed by atoms with Crippen molar-refractivity contribution in [3.63, 3.8) is 0 Å². The number of fused-ring (bicyclic) bond motifs is 1. The number of anilines is 1. The summed E-state index contributed by atoms with van der Waals surface area (Å²) in [6.45, 7) is 0. The molecule has 0 aromatic heterocycles. The van der Waals surface area contributed by atoms with Gasteiger partial charge in [-0.2, -0.15) is 0 Å². The Balaban J connectivity index is 2.05. The number of carbonyl (C=O) groups excluding carboxylic acids is 2. The molecule has 1 aliphatic heterocycles. The van der Waals surface area contributed by atoms with Crippen LogP contribution in [0.15, 0.2) is 30.3 Å². The Bertz CT molecular complexity index is 1050. The van der Waals surface area contributed by atoms with Crippen LogP contribution in [0.3, 0.4) is 0 Å². The predicted octanol–water partition coefficient (Wildman–Crippen LogP) is 1.34. The molecule has 2 aromatic carbocycles. The van der Waals surface area contributed by atoms with E-state index in [4.69, 9.17) is 5.41 Å². The largest absolute Gasteiger partial charge is 0.507 e. The van der Waals surface area contributed by atoms with Crippen LogP contribution in [-0.2, 0) is 19.6 Å². The number of carbonyl (C=O) groups is 2. The van der Waals surface area contributed by atoms with Crippen LogP contribution in [0.1, 0.15) is 18.4 Å². The predicted molar refractivity (Wildman–Crippen MR) is 96.8 cm³/mol. The lowest BCUT2D eigenvalue weighted by atomic mass is 9.86. The minimum absolute atomic E-state index is 0.0816. The molecular weight excluding hydrogens is 358 g/mol. The molecule has 0 aliphatic carbocycles. The van der Waals surface area contributed by atoms with E-state index in [1.807, 2.05) is 0 Å². The molecule has 0 unspecified atom stereocenters. The number of imide groups is 1. The first-order valence-corrected chi connectivity index (χ1v) is 9.71. The highest BCUT2D eigenvalue weighted by Gasteiger charge is 2.32. The summed E-state index contributed by atoms with van der Waals surface area (Å²) in [4.78, 5) is 23.3. The second kappa shape index (κ2) is 6.41. The van der Waals surface area contributed by atoms with E-state index in [0.717, 1.165) is 6.26 Å². The summed E-state index contributed by atoms with van der Waals surface area (Å²) in [5.41, 5.74) is 0.467. The molecule has 2 amide bonds. The van der Waals surface area contributed by atoms with Crippen molar-refractivity contribution in [1.29, 1.82) is 5.41 Å². The number of rotatable bonds is 4. The van der Waals surface area contributed by atoms with Crippen LogP contribution < -0.4 is 10.0 Å². The van der Waals surface area contributed by atoms with Gasteiger partial charge in [0.15, 0.2) is 0 Å². The standard InChI is InChI=1S/C17H17N3O5S/c1-26(24,25)20-10-3-4-11-9(8-10)2-6-13(21)15(11)16(18)12-5-7-14(22)19-17(12)23/h2-4,6,8,12,18,20-21H,5,7H2,1H3,(H,19,22,23)/t12-/m0/s1. The van der Waals surface area contributed by atoms with Gasteiger partial charge < -0.3 is 10.5 Å². The number of benzene rings is 2. The zero-order chi connectivity index (χ0) is 19.1. The fourth-order valence-electron chi connectivity index (χ4n) is 3.02. The Hall–Kier alpha value is -2.94. The van der Waals surface area contributed by atoms with Gasteiger partial charge in [-0.1, -0.05) is 12.1 Å². The number of amides is 2. The highest BCUT2D eigenvalue weighted by molar-refractivity contribution is 7.92. The molecule has 1 saturated heterocycles. The highest BCUT2D eigenvalue weighted by Crippen LogP contribution is 2.32. The van der Waals surface area contributed by atoms with Gasteiger partial charge in [0, 0.05) is 17.7 Å². The molecule has 8 nitrogen and oxygen atoms in total. The van der Waals surface area contributed by atoms with Crippen LogP contribution in [0.5, 0.6) is 5.75 Å². The van der Waals surface area contributed by atoms with Gasteiger partial charge in [-0.15, -0.1) is 0 Å². The van der Waals surface area contributed by atoms with Crippen LogP contribution in [0.2, 0.25) is 0 Å². The number of phenolic OH excluding ortho intramolecular Hbond substituents is 1. The van der Waals surface area contributed by atoms with E-state index in [9.17, 15) is 23.1 Å². The van der Waals surface area contributed by atoms with Crippen LogP contribution in [0.4, 0.5) is 5.69 Å². The van der Waals surface area contributed by atoms with Crippen LogP contribution in [0, 0.1) is 11.3 Å². The molecule has 1 heterocycles. The van der Waals surface area contributed by atoms with Gasteiger partial charge in [0.2, 0.25) is 21.8 Å². The van der Waals surface area contributed by atoms with Gasteiger partial charge in [0.25, 0.3) is 0 Å². The maximum absolute atomic E-state index is 12.0. The molecule has 136 valence electrons. The second-order valence-corrected chi connectivity index (χ2v) is 7.94. The number of nitrogens with one attached hydrogen (secondary N) is 3. The fraction of sp³-hybridized carbons (Fsp3) is 0.235. The number of hydrogen-bond acceptors (Lipinski definition) is 6. The van der Waals surface area contributed by atoms with Gasteiger partial charge >= 0.3 is 0 Å². The Kier molecular flexibility index (Phi) is 4.41. The maximum atomic E-state index is 12.0. The smallest absolute Gasteiger partial charge is 0.235 e. The minimum atomic E-state index is -3.44. The summed E-state index contributed by atoms with van der Waals surface area (Å²) in [7, 11) is -3.44. The number of aromatic hydroxyl groups is 1. The average molecular weight is 375 g/mol. The quantitative estimate of drug-likeness (QED) is 0.472. The van der Waals surface area contributed by atoms with Crippen LogP contribution in [-0.4, -0.2) is 37.3 Å². The molecule has 0 bridgehead atoms. The van der Waals surface area contributed by atoms with Crippen molar-refractivity contribution in [3.05, 3.63) is 35.9 Å². The van der Waals surface area contributed by atoms with Crippen molar-refractivity contribution in [3.8, 4) is 5.75 Å². The molecule has 0 radical (unpaired) electrons. The number of hydrogen-bond donors (Lipinski definition) is 4. The Labute approximate surface area is 149 Å². The SMILES string of the molecule is CS(=O)(=O)Nc1ccc2c(C(=N)[C@@H]3CCC(=O)NC3=O)c(O)ccc2c1. The first kappa shape index (κ1) is 17.9. The van der Waals surface area contributed by atoms with Crippen LogP contribution >= 0.6 is 0 Å². The lowest BCUT2D eigenvalue weighted by Gasteiger charge is -2.23. The van der Waals surface area contributed by atoms with Crippen molar-refractivity contribution in [2.24, 2.45) is 5.92 Å². The molecule has 1 aliphatic rings. The zero-order valence-electron chi connectivity index (χ0n) is 13.9. The first-order chi connectivity index (χ1) is 12.2. The Morgan fingerprint density at radius 2 is 2.00 bits per heavy atom. The van der Waals surface area contributed by atoms with Gasteiger partial charge in [0.05, 0.1) is 17.9 Å². The fourth-order valence-corrected chi connectivity index (χ4v) is 3.58.